The fraction of sp³-hybridized carbons (Fsp3) is 0.258. The van der Waals surface area contributed by atoms with Crippen LogP contribution in [0.5, 0.6) is 5.75 Å². The Morgan fingerprint density at radius 1 is 0.973 bits per heavy atom. The van der Waals surface area contributed by atoms with Crippen LogP contribution in [0.25, 0.3) is 11.1 Å². The maximum atomic E-state index is 12.9. The molecule has 0 aliphatic carbocycles. The summed E-state index contributed by atoms with van der Waals surface area (Å²) in [4.78, 5) is 25.8. The second-order valence-electron chi connectivity index (χ2n) is 9.01. The predicted molar refractivity (Wildman–Crippen MR) is 146 cm³/mol. The summed E-state index contributed by atoms with van der Waals surface area (Å²) in [6.07, 6.45) is 0.848. The minimum atomic E-state index is -0.227. The van der Waals surface area contributed by atoms with E-state index < -0.39 is 0 Å². The number of methoxy groups -OCH3 is 1. The zero-order valence-corrected chi connectivity index (χ0v) is 22.1. The second kappa shape index (κ2) is 11.2. The van der Waals surface area contributed by atoms with E-state index in [1.807, 2.05) is 97.1 Å². The summed E-state index contributed by atoms with van der Waals surface area (Å²) in [5, 5.41) is 4.98. The first-order valence-corrected chi connectivity index (χ1v) is 12.6. The first kappa shape index (κ1) is 25.9. The monoisotopic (exact) mass is 495 g/mol. The van der Waals surface area contributed by atoms with Crippen LogP contribution >= 0.6 is 0 Å². The van der Waals surface area contributed by atoms with E-state index in [2.05, 4.69) is 13.0 Å². The van der Waals surface area contributed by atoms with Gasteiger partial charge >= 0.3 is 0 Å². The predicted octanol–water partition coefficient (Wildman–Crippen LogP) is 6.11. The van der Waals surface area contributed by atoms with Gasteiger partial charge in [-0.05, 0) is 68.7 Å². The molecule has 0 spiro atoms. The number of nitrogens with zero attached hydrogens (tertiary/aromatic N) is 3. The topological polar surface area (TPSA) is 64.4 Å². The summed E-state index contributed by atoms with van der Waals surface area (Å²) in [6.45, 7) is 9.39. The molecule has 0 fully saturated rings. The van der Waals surface area contributed by atoms with E-state index in [0.29, 0.717) is 24.2 Å². The molecule has 1 unspecified atom stereocenters. The van der Waals surface area contributed by atoms with Gasteiger partial charge in [0.25, 0.3) is 5.91 Å². The largest absolute Gasteiger partial charge is 0.497 e. The van der Waals surface area contributed by atoms with Gasteiger partial charge in [0, 0.05) is 35.5 Å². The number of amides is 1. The van der Waals surface area contributed by atoms with Gasteiger partial charge in [-0.1, -0.05) is 48.5 Å². The van der Waals surface area contributed by atoms with Crippen LogP contribution in [0, 0.1) is 13.8 Å². The standard InChI is InChI=1S/C31H33N3O3/c1-6-33(7-2)31(36)26-17-15-25(16-18-26)30(27-9-8-10-28(19-27)37-5)34-22(4)29(21(3)32-34)24-13-11-23(20-35)12-14-24/h8-20,30H,6-7H2,1-5H3. The number of ether oxygens (including phenoxy) is 1. The van der Waals surface area contributed by atoms with Crippen LogP contribution in [0.15, 0.2) is 72.8 Å². The van der Waals surface area contributed by atoms with Crippen LogP contribution in [0.3, 0.4) is 0 Å². The van der Waals surface area contributed by atoms with E-state index in [1.54, 1.807) is 7.11 Å². The molecule has 4 rings (SSSR count). The molecular formula is C31H33N3O3. The van der Waals surface area contributed by atoms with Crippen molar-refractivity contribution in [3.8, 4) is 16.9 Å². The third kappa shape index (κ3) is 5.19. The highest BCUT2D eigenvalue weighted by Gasteiger charge is 2.24. The van der Waals surface area contributed by atoms with Gasteiger partial charge in [0.15, 0.2) is 0 Å². The lowest BCUT2D eigenvalue weighted by Gasteiger charge is -2.22. The highest BCUT2D eigenvalue weighted by atomic mass is 16.5. The van der Waals surface area contributed by atoms with Crippen molar-refractivity contribution in [3.05, 3.63) is 106 Å². The van der Waals surface area contributed by atoms with E-state index in [4.69, 9.17) is 9.84 Å². The molecule has 0 N–H and O–H groups in total. The highest BCUT2D eigenvalue weighted by molar-refractivity contribution is 5.94. The van der Waals surface area contributed by atoms with E-state index >= 15 is 0 Å². The smallest absolute Gasteiger partial charge is 0.253 e. The van der Waals surface area contributed by atoms with Gasteiger partial charge in [0.05, 0.1) is 12.8 Å². The molecule has 3 aromatic carbocycles. The van der Waals surface area contributed by atoms with Gasteiger partial charge in [0.2, 0.25) is 0 Å². The molecule has 0 saturated carbocycles. The molecule has 0 saturated heterocycles. The first-order valence-electron chi connectivity index (χ1n) is 12.6. The number of carbonyl (C=O) groups is 2. The minimum absolute atomic E-state index is 0.0293. The fourth-order valence-corrected chi connectivity index (χ4v) is 4.85. The molecule has 0 aliphatic heterocycles. The molecule has 1 aromatic heterocycles. The summed E-state index contributed by atoms with van der Waals surface area (Å²) in [5.41, 5.74) is 7.30. The number of hydrogen-bond acceptors (Lipinski definition) is 4. The Bertz CT molecular complexity index is 1380. The average molecular weight is 496 g/mol. The molecule has 6 nitrogen and oxygen atoms in total. The van der Waals surface area contributed by atoms with Crippen molar-refractivity contribution in [2.45, 2.75) is 33.7 Å². The summed E-state index contributed by atoms with van der Waals surface area (Å²) < 4.78 is 7.56. The molecule has 4 aromatic rings. The van der Waals surface area contributed by atoms with Crippen molar-refractivity contribution in [2.75, 3.05) is 20.2 Å². The van der Waals surface area contributed by atoms with Gasteiger partial charge < -0.3 is 9.64 Å². The summed E-state index contributed by atoms with van der Waals surface area (Å²) in [5.74, 6) is 0.795. The van der Waals surface area contributed by atoms with Crippen molar-refractivity contribution in [1.29, 1.82) is 0 Å². The van der Waals surface area contributed by atoms with Gasteiger partial charge in [-0.2, -0.15) is 5.10 Å². The number of benzene rings is 3. The minimum Gasteiger partial charge on any atom is -0.497 e. The number of rotatable bonds is 9. The fourth-order valence-electron chi connectivity index (χ4n) is 4.85. The zero-order chi connectivity index (χ0) is 26.5. The maximum absolute atomic E-state index is 12.9. The number of aryl methyl sites for hydroxylation is 1. The van der Waals surface area contributed by atoms with Crippen molar-refractivity contribution in [1.82, 2.24) is 14.7 Å². The lowest BCUT2D eigenvalue weighted by molar-refractivity contribution is 0.0773. The summed E-state index contributed by atoms with van der Waals surface area (Å²) >= 11 is 0. The van der Waals surface area contributed by atoms with Crippen molar-refractivity contribution in [2.24, 2.45) is 0 Å². The van der Waals surface area contributed by atoms with Crippen LogP contribution in [0.1, 0.15) is 63.1 Å². The quantitative estimate of drug-likeness (QED) is 0.263. The van der Waals surface area contributed by atoms with E-state index in [-0.39, 0.29) is 11.9 Å². The van der Waals surface area contributed by atoms with E-state index in [9.17, 15) is 9.59 Å². The van der Waals surface area contributed by atoms with Crippen molar-refractivity contribution >= 4 is 12.2 Å². The normalized spacial score (nSPS) is 11.7. The SMILES string of the molecule is CCN(CC)C(=O)c1ccc(C(c2cccc(OC)c2)n2nc(C)c(-c3ccc(C=O)cc3)c2C)cc1. The third-order valence-corrected chi connectivity index (χ3v) is 6.84. The number of hydrogen-bond donors (Lipinski definition) is 0. The van der Waals surface area contributed by atoms with Gasteiger partial charge in [-0.25, -0.2) is 0 Å². The molecule has 190 valence electrons. The lowest BCUT2D eigenvalue weighted by Crippen LogP contribution is -2.30. The zero-order valence-electron chi connectivity index (χ0n) is 22.1. The molecule has 0 aliphatic rings. The second-order valence-corrected chi connectivity index (χ2v) is 9.01. The Kier molecular flexibility index (Phi) is 7.87. The number of carbonyl (C=O) groups excluding carboxylic acids is 2. The molecule has 0 radical (unpaired) electrons. The van der Waals surface area contributed by atoms with Crippen LogP contribution in [-0.2, 0) is 0 Å². The summed E-state index contributed by atoms with van der Waals surface area (Å²) in [6, 6.07) is 23.1. The Hall–Kier alpha value is -4.19. The average Bonchev–Trinajstić information content (AvgIpc) is 3.23. The van der Waals surface area contributed by atoms with Crippen LogP contribution in [0.4, 0.5) is 0 Å². The van der Waals surface area contributed by atoms with Crippen LogP contribution in [-0.4, -0.2) is 47.1 Å². The van der Waals surface area contributed by atoms with E-state index in [1.165, 1.54) is 0 Å². The molecule has 1 heterocycles. The Morgan fingerprint density at radius 2 is 1.65 bits per heavy atom. The first-order chi connectivity index (χ1) is 17.9. The van der Waals surface area contributed by atoms with E-state index in [0.717, 1.165) is 45.7 Å². The molecule has 6 heteroatoms. The van der Waals surface area contributed by atoms with Crippen LogP contribution in [0.2, 0.25) is 0 Å². The third-order valence-electron chi connectivity index (χ3n) is 6.84. The molecule has 37 heavy (non-hydrogen) atoms. The van der Waals surface area contributed by atoms with Crippen molar-refractivity contribution < 1.29 is 14.3 Å². The Morgan fingerprint density at radius 3 is 2.24 bits per heavy atom. The van der Waals surface area contributed by atoms with Gasteiger partial charge in [-0.3, -0.25) is 14.3 Å². The Balaban J connectivity index is 1.83. The van der Waals surface area contributed by atoms with Gasteiger partial charge in [-0.15, -0.1) is 0 Å². The highest BCUT2D eigenvalue weighted by Crippen LogP contribution is 2.35. The number of aromatic nitrogens is 2. The molecule has 1 atom stereocenters. The Labute approximate surface area is 218 Å². The van der Waals surface area contributed by atoms with Crippen molar-refractivity contribution in [3.63, 3.8) is 0 Å². The number of aldehydes is 1. The van der Waals surface area contributed by atoms with Crippen LogP contribution < -0.4 is 4.74 Å². The molecule has 1 amide bonds. The summed E-state index contributed by atoms with van der Waals surface area (Å²) in [7, 11) is 1.66. The molecule has 0 bridgehead atoms. The lowest BCUT2D eigenvalue weighted by atomic mass is 9.96. The maximum Gasteiger partial charge on any atom is 0.253 e. The van der Waals surface area contributed by atoms with Gasteiger partial charge in [0.1, 0.15) is 18.1 Å². The molecular weight excluding hydrogens is 462 g/mol.